The summed E-state index contributed by atoms with van der Waals surface area (Å²) in [5.41, 5.74) is 5.80. The van der Waals surface area contributed by atoms with E-state index >= 15 is 0 Å². The van der Waals surface area contributed by atoms with Crippen LogP contribution in [0.1, 0.15) is 32.2 Å². The van der Waals surface area contributed by atoms with E-state index in [1.165, 1.54) is 12.4 Å². The van der Waals surface area contributed by atoms with Crippen LogP contribution in [0.2, 0.25) is 0 Å². The Labute approximate surface area is 98.7 Å². The predicted molar refractivity (Wildman–Crippen MR) is 58.9 cm³/mol. The molecule has 0 spiro atoms. The van der Waals surface area contributed by atoms with Gasteiger partial charge in [0, 0.05) is 6.04 Å². The molecule has 0 aliphatic heterocycles. The highest BCUT2D eigenvalue weighted by Gasteiger charge is 2.19. The summed E-state index contributed by atoms with van der Waals surface area (Å²) < 4.78 is 30.5. The van der Waals surface area contributed by atoms with Gasteiger partial charge in [0.1, 0.15) is 0 Å². The molecule has 1 aromatic rings. The first kappa shape index (κ1) is 12.3. The van der Waals surface area contributed by atoms with Crippen molar-refractivity contribution >= 4 is 0 Å². The van der Waals surface area contributed by atoms with E-state index in [0.717, 1.165) is 25.7 Å². The first-order chi connectivity index (χ1) is 8.15. The third-order valence-electron chi connectivity index (χ3n) is 3.15. The number of hydrogen-bond donors (Lipinski definition) is 1. The molecule has 0 aromatic carbocycles. The number of nitrogens with zero attached hydrogens (tertiary/aromatic N) is 2. The van der Waals surface area contributed by atoms with Gasteiger partial charge in [-0.1, -0.05) is 0 Å². The average Bonchev–Trinajstić information content (AvgIpc) is 2.77. The van der Waals surface area contributed by atoms with Gasteiger partial charge in [-0.3, -0.25) is 0 Å². The second-order valence-electron chi connectivity index (χ2n) is 4.53. The van der Waals surface area contributed by atoms with Crippen molar-refractivity contribution < 1.29 is 13.5 Å². The Morgan fingerprint density at radius 2 is 2.12 bits per heavy atom. The number of alkyl halides is 2. The Morgan fingerprint density at radius 1 is 1.41 bits per heavy atom. The maximum atomic E-state index is 12.2. The quantitative estimate of drug-likeness (QED) is 0.884. The summed E-state index contributed by atoms with van der Waals surface area (Å²) in [6.45, 7) is -2.05. The smallest absolute Gasteiger partial charge is 0.333 e. The van der Waals surface area contributed by atoms with Crippen LogP contribution in [0.25, 0.3) is 0 Å². The van der Waals surface area contributed by atoms with Crippen molar-refractivity contribution in [3.8, 4) is 5.75 Å². The Kier molecular flexibility index (Phi) is 3.93. The fourth-order valence-electron chi connectivity index (χ4n) is 2.07. The van der Waals surface area contributed by atoms with Crippen molar-refractivity contribution in [1.29, 1.82) is 0 Å². The molecule has 1 fully saturated rings. The predicted octanol–water partition coefficient (Wildman–Crippen LogP) is 2.17. The summed E-state index contributed by atoms with van der Waals surface area (Å²) in [5, 5.41) is 3.51. The Hall–Kier alpha value is -1.17. The van der Waals surface area contributed by atoms with E-state index in [1.54, 1.807) is 0 Å². The molecule has 96 valence electrons. The molecule has 0 atom stereocenters. The topological polar surface area (TPSA) is 53.1 Å². The third kappa shape index (κ3) is 3.39. The van der Waals surface area contributed by atoms with E-state index < -0.39 is 6.55 Å². The van der Waals surface area contributed by atoms with Crippen molar-refractivity contribution in [2.24, 2.45) is 11.7 Å². The number of halogens is 2. The average molecular weight is 245 g/mol. The zero-order valence-corrected chi connectivity index (χ0v) is 9.56. The SMILES string of the molecule is NC1CCC(COc2cnn(C(F)F)c2)CC1. The summed E-state index contributed by atoms with van der Waals surface area (Å²) in [4.78, 5) is 0. The minimum atomic E-state index is -2.61. The molecule has 0 radical (unpaired) electrons. The van der Waals surface area contributed by atoms with Crippen LogP contribution in [-0.4, -0.2) is 22.4 Å². The van der Waals surface area contributed by atoms with Gasteiger partial charge < -0.3 is 10.5 Å². The molecule has 0 bridgehead atoms. The lowest BCUT2D eigenvalue weighted by Gasteiger charge is -2.25. The molecule has 0 amide bonds. The molecule has 1 aromatic heterocycles. The van der Waals surface area contributed by atoms with Gasteiger partial charge in [-0.05, 0) is 31.6 Å². The minimum Gasteiger partial charge on any atom is -0.490 e. The molecule has 2 N–H and O–H groups in total. The van der Waals surface area contributed by atoms with E-state index in [0.29, 0.717) is 29.0 Å². The number of ether oxygens (including phenoxy) is 1. The fourth-order valence-corrected chi connectivity index (χ4v) is 2.07. The lowest BCUT2D eigenvalue weighted by Crippen LogP contribution is -2.28. The number of rotatable bonds is 4. The lowest BCUT2D eigenvalue weighted by atomic mass is 9.87. The molecule has 1 aliphatic carbocycles. The zero-order chi connectivity index (χ0) is 12.3. The number of hydrogen-bond acceptors (Lipinski definition) is 3. The largest absolute Gasteiger partial charge is 0.490 e. The molecular formula is C11H17F2N3O. The first-order valence-corrected chi connectivity index (χ1v) is 5.86. The fraction of sp³-hybridized carbons (Fsp3) is 0.727. The maximum Gasteiger partial charge on any atom is 0.333 e. The highest BCUT2D eigenvalue weighted by molar-refractivity contribution is 5.11. The molecule has 0 unspecified atom stereocenters. The van der Waals surface area contributed by atoms with Gasteiger partial charge in [0.2, 0.25) is 0 Å². The highest BCUT2D eigenvalue weighted by Crippen LogP contribution is 2.24. The summed E-state index contributed by atoms with van der Waals surface area (Å²) in [6, 6.07) is 0.313. The van der Waals surface area contributed by atoms with Crippen LogP contribution in [0.15, 0.2) is 12.4 Å². The Balaban J connectivity index is 1.77. The van der Waals surface area contributed by atoms with Gasteiger partial charge in [-0.25, -0.2) is 4.68 Å². The molecule has 2 rings (SSSR count). The van der Waals surface area contributed by atoms with Gasteiger partial charge in [-0.15, -0.1) is 0 Å². The van der Waals surface area contributed by atoms with Crippen LogP contribution < -0.4 is 10.5 Å². The minimum absolute atomic E-state index is 0.313. The molecule has 4 nitrogen and oxygen atoms in total. The van der Waals surface area contributed by atoms with Crippen LogP contribution in [0.3, 0.4) is 0 Å². The maximum absolute atomic E-state index is 12.2. The molecule has 17 heavy (non-hydrogen) atoms. The van der Waals surface area contributed by atoms with E-state index in [4.69, 9.17) is 10.5 Å². The van der Waals surface area contributed by atoms with Crippen molar-refractivity contribution in [2.45, 2.75) is 38.3 Å². The molecular weight excluding hydrogens is 228 g/mol. The van der Waals surface area contributed by atoms with Gasteiger partial charge in [0.15, 0.2) is 5.75 Å². The van der Waals surface area contributed by atoms with Crippen LogP contribution in [0.5, 0.6) is 5.75 Å². The van der Waals surface area contributed by atoms with Gasteiger partial charge in [0.05, 0.1) is 19.0 Å². The van der Waals surface area contributed by atoms with Crippen molar-refractivity contribution in [3.05, 3.63) is 12.4 Å². The lowest BCUT2D eigenvalue weighted by molar-refractivity contribution is 0.0562. The van der Waals surface area contributed by atoms with Crippen LogP contribution in [-0.2, 0) is 0 Å². The monoisotopic (exact) mass is 245 g/mol. The van der Waals surface area contributed by atoms with Crippen molar-refractivity contribution in [3.63, 3.8) is 0 Å². The standard InChI is InChI=1S/C11H17F2N3O/c12-11(13)16-6-10(5-15-16)17-7-8-1-3-9(14)4-2-8/h5-6,8-9,11H,1-4,7,14H2. The van der Waals surface area contributed by atoms with E-state index in [-0.39, 0.29) is 0 Å². The molecule has 1 heterocycles. The van der Waals surface area contributed by atoms with Gasteiger partial charge >= 0.3 is 6.55 Å². The van der Waals surface area contributed by atoms with Crippen LogP contribution in [0.4, 0.5) is 8.78 Å². The molecule has 1 aliphatic rings. The summed E-state index contributed by atoms with van der Waals surface area (Å²) >= 11 is 0. The van der Waals surface area contributed by atoms with E-state index in [1.807, 2.05) is 0 Å². The summed E-state index contributed by atoms with van der Waals surface area (Å²) in [7, 11) is 0. The second-order valence-corrected chi connectivity index (χ2v) is 4.53. The number of nitrogens with two attached hydrogens (primary N) is 1. The normalized spacial score (nSPS) is 25.2. The summed E-state index contributed by atoms with van der Waals surface area (Å²) in [6.07, 6.45) is 6.67. The molecule has 1 saturated carbocycles. The van der Waals surface area contributed by atoms with E-state index in [9.17, 15) is 8.78 Å². The first-order valence-electron chi connectivity index (χ1n) is 5.86. The Morgan fingerprint density at radius 3 is 2.71 bits per heavy atom. The second kappa shape index (κ2) is 5.44. The molecule has 6 heteroatoms. The molecule has 0 saturated heterocycles. The van der Waals surface area contributed by atoms with Crippen molar-refractivity contribution in [2.75, 3.05) is 6.61 Å². The number of aromatic nitrogens is 2. The third-order valence-corrected chi connectivity index (χ3v) is 3.15. The van der Waals surface area contributed by atoms with Gasteiger partial charge in [0.25, 0.3) is 0 Å². The van der Waals surface area contributed by atoms with Gasteiger partial charge in [-0.2, -0.15) is 13.9 Å². The van der Waals surface area contributed by atoms with E-state index in [2.05, 4.69) is 5.10 Å². The highest BCUT2D eigenvalue weighted by atomic mass is 19.3. The van der Waals surface area contributed by atoms with Crippen LogP contribution in [0, 0.1) is 5.92 Å². The Bertz CT molecular complexity index is 348. The summed E-state index contributed by atoms with van der Waals surface area (Å²) in [5.74, 6) is 0.880. The van der Waals surface area contributed by atoms with Crippen LogP contribution >= 0.6 is 0 Å². The van der Waals surface area contributed by atoms with Crippen molar-refractivity contribution in [1.82, 2.24) is 9.78 Å². The zero-order valence-electron chi connectivity index (χ0n) is 9.56.